The Balaban J connectivity index is 1.69. The fourth-order valence-corrected chi connectivity index (χ4v) is 4.34. The summed E-state index contributed by atoms with van der Waals surface area (Å²) in [4.78, 5) is 14.6. The van der Waals surface area contributed by atoms with E-state index in [1.807, 2.05) is 18.2 Å². The number of rotatable bonds is 8. The standard InChI is InChI=1S/C22H25BrN4O4S/c1-26(12-11-15-5-10-21(31-3)18(23)13-15)22(28)20-14-19(24-27(20)2)16-6-8-17(9-7-16)25-32(4,29)30/h5-10,13-14,25H,11-12H2,1-4H3. The number of ether oxygens (including phenoxy) is 1. The first-order valence-electron chi connectivity index (χ1n) is 9.77. The predicted molar refractivity (Wildman–Crippen MR) is 128 cm³/mol. The summed E-state index contributed by atoms with van der Waals surface area (Å²) in [5.74, 6) is 0.634. The molecular formula is C22H25BrN4O4S. The lowest BCUT2D eigenvalue weighted by molar-refractivity contribution is 0.0785. The van der Waals surface area contributed by atoms with Crippen molar-refractivity contribution in [1.82, 2.24) is 14.7 Å². The zero-order valence-electron chi connectivity index (χ0n) is 18.3. The lowest BCUT2D eigenvalue weighted by atomic mass is 10.1. The number of nitrogens with one attached hydrogen (secondary N) is 1. The number of carbonyl (C=O) groups is 1. The van der Waals surface area contributed by atoms with E-state index in [0.29, 0.717) is 30.0 Å². The van der Waals surface area contributed by atoms with E-state index in [9.17, 15) is 13.2 Å². The van der Waals surface area contributed by atoms with Crippen molar-refractivity contribution in [2.45, 2.75) is 6.42 Å². The van der Waals surface area contributed by atoms with Gasteiger partial charge in [0.1, 0.15) is 11.4 Å². The number of nitrogens with zero attached hydrogens (tertiary/aromatic N) is 3. The topological polar surface area (TPSA) is 93.5 Å². The first kappa shape index (κ1) is 23.8. The first-order chi connectivity index (χ1) is 15.1. The second-order valence-electron chi connectivity index (χ2n) is 7.44. The largest absolute Gasteiger partial charge is 0.496 e. The van der Waals surface area contributed by atoms with Gasteiger partial charge in [-0.05, 0) is 58.2 Å². The average Bonchev–Trinajstić information content (AvgIpc) is 3.12. The van der Waals surface area contributed by atoms with Crippen molar-refractivity contribution in [3.63, 3.8) is 0 Å². The quantitative estimate of drug-likeness (QED) is 0.490. The van der Waals surface area contributed by atoms with E-state index < -0.39 is 10.0 Å². The van der Waals surface area contributed by atoms with E-state index in [1.165, 1.54) is 0 Å². The zero-order chi connectivity index (χ0) is 23.5. The highest BCUT2D eigenvalue weighted by molar-refractivity contribution is 9.10. The smallest absolute Gasteiger partial charge is 0.271 e. The van der Waals surface area contributed by atoms with Gasteiger partial charge in [0.25, 0.3) is 5.91 Å². The van der Waals surface area contributed by atoms with Gasteiger partial charge in [-0.1, -0.05) is 18.2 Å². The summed E-state index contributed by atoms with van der Waals surface area (Å²) in [5.41, 5.74) is 3.44. The van der Waals surface area contributed by atoms with E-state index in [2.05, 4.69) is 25.8 Å². The maximum absolute atomic E-state index is 13.0. The van der Waals surface area contributed by atoms with Crippen molar-refractivity contribution >= 4 is 37.5 Å². The molecule has 3 aromatic rings. The van der Waals surface area contributed by atoms with Crippen LogP contribution in [-0.4, -0.2) is 56.0 Å². The molecule has 0 aliphatic carbocycles. The number of benzene rings is 2. The van der Waals surface area contributed by atoms with Crippen molar-refractivity contribution in [2.24, 2.45) is 7.05 Å². The molecule has 1 heterocycles. The summed E-state index contributed by atoms with van der Waals surface area (Å²) < 4.78 is 32.8. The Morgan fingerprint density at radius 1 is 1.19 bits per heavy atom. The number of aryl methyl sites for hydroxylation is 1. The maximum atomic E-state index is 13.0. The van der Waals surface area contributed by atoms with Gasteiger partial charge in [-0.2, -0.15) is 5.10 Å². The van der Waals surface area contributed by atoms with Crippen molar-refractivity contribution in [3.8, 4) is 17.0 Å². The van der Waals surface area contributed by atoms with Crippen molar-refractivity contribution in [1.29, 1.82) is 0 Å². The number of likely N-dealkylation sites (N-methyl/N-ethyl adjacent to an activating group) is 1. The number of carbonyl (C=O) groups excluding carboxylic acids is 1. The zero-order valence-corrected chi connectivity index (χ0v) is 20.7. The monoisotopic (exact) mass is 520 g/mol. The van der Waals surface area contributed by atoms with Gasteiger partial charge < -0.3 is 9.64 Å². The Kier molecular flexibility index (Phi) is 7.25. The molecule has 0 aliphatic heterocycles. The number of aromatic nitrogens is 2. The molecule has 10 heteroatoms. The predicted octanol–water partition coefficient (Wildman–Crippen LogP) is 3.54. The van der Waals surface area contributed by atoms with E-state index in [1.54, 1.807) is 61.1 Å². The van der Waals surface area contributed by atoms with Crippen LogP contribution in [0, 0.1) is 0 Å². The van der Waals surface area contributed by atoms with Crippen LogP contribution in [0.25, 0.3) is 11.3 Å². The van der Waals surface area contributed by atoms with E-state index in [-0.39, 0.29) is 5.91 Å². The number of methoxy groups -OCH3 is 1. The summed E-state index contributed by atoms with van der Waals surface area (Å²) >= 11 is 3.48. The molecule has 2 aromatic carbocycles. The van der Waals surface area contributed by atoms with Gasteiger partial charge in [0.15, 0.2) is 0 Å². The number of hydrogen-bond acceptors (Lipinski definition) is 5. The lowest BCUT2D eigenvalue weighted by Crippen LogP contribution is -2.30. The lowest BCUT2D eigenvalue weighted by Gasteiger charge is -2.17. The molecule has 0 radical (unpaired) electrons. The second-order valence-corrected chi connectivity index (χ2v) is 10.0. The number of halogens is 1. The molecule has 1 N–H and O–H groups in total. The van der Waals surface area contributed by atoms with Crippen LogP contribution in [-0.2, 0) is 23.5 Å². The average molecular weight is 521 g/mol. The highest BCUT2D eigenvalue weighted by Crippen LogP contribution is 2.26. The second kappa shape index (κ2) is 9.74. The molecule has 0 fully saturated rings. The van der Waals surface area contributed by atoms with Gasteiger partial charge in [0.05, 0.1) is 23.5 Å². The van der Waals surface area contributed by atoms with Gasteiger partial charge in [-0.15, -0.1) is 0 Å². The van der Waals surface area contributed by atoms with Crippen LogP contribution in [0.3, 0.4) is 0 Å². The molecule has 0 unspecified atom stereocenters. The molecule has 1 amide bonds. The van der Waals surface area contributed by atoms with E-state index in [4.69, 9.17) is 4.74 Å². The number of amides is 1. The van der Waals surface area contributed by atoms with Crippen LogP contribution in [0.1, 0.15) is 16.1 Å². The van der Waals surface area contributed by atoms with Gasteiger partial charge in [0, 0.05) is 31.9 Å². The Morgan fingerprint density at radius 2 is 1.88 bits per heavy atom. The Labute approximate surface area is 196 Å². The molecule has 32 heavy (non-hydrogen) atoms. The van der Waals surface area contributed by atoms with Crippen molar-refractivity contribution in [2.75, 3.05) is 31.7 Å². The number of hydrogen-bond donors (Lipinski definition) is 1. The Morgan fingerprint density at radius 3 is 2.47 bits per heavy atom. The molecule has 8 nitrogen and oxygen atoms in total. The molecule has 0 saturated heterocycles. The number of sulfonamides is 1. The van der Waals surface area contributed by atoms with E-state index >= 15 is 0 Å². The number of anilines is 1. The summed E-state index contributed by atoms with van der Waals surface area (Å²) in [5, 5.41) is 4.45. The first-order valence-corrected chi connectivity index (χ1v) is 12.5. The molecule has 0 aliphatic rings. The summed E-state index contributed by atoms with van der Waals surface area (Å²) in [6.07, 6.45) is 1.80. The minimum Gasteiger partial charge on any atom is -0.496 e. The third-order valence-electron chi connectivity index (χ3n) is 4.88. The van der Waals surface area contributed by atoms with Crippen LogP contribution < -0.4 is 9.46 Å². The van der Waals surface area contributed by atoms with Gasteiger partial charge >= 0.3 is 0 Å². The summed E-state index contributed by atoms with van der Waals surface area (Å²) in [6, 6.07) is 14.4. The molecule has 0 atom stereocenters. The molecular weight excluding hydrogens is 496 g/mol. The van der Waals surface area contributed by atoms with Gasteiger partial charge in [-0.25, -0.2) is 8.42 Å². The van der Waals surface area contributed by atoms with Crippen molar-refractivity contribution in [3.05, 3.63) is 64.3 Å². The fraction of sp³-hybridized carbons (Fsp3) is 0.273. The third-order valence-corrected chi connectivity index (χ3v) is 6.11. The molecule has 0 bridgehead atoms. The normalized spacial score (nSPS) is 11.3. The SMILES string of the molecule is COc1ccc(CCN(C)C(=O)c2cc(-c3ccc(NS(C)(=O)=O)cc3)nn2C)cc1Br. The molecule has 170 valence electrons. The maximum Gasteiger partial charge on any atom is 0.271 e. The van der Waals surface area contributed by atoms with Crippen LogP contribution in [0.2, 0.25) is 0 Å². The minimum atomic E-state index is -3.34. The summed E-state index contributed by atoms with van der Waals surface area (Å²) in [7, 11) is 1.77. The van der Waals surface area contributed by atoms with Gasteiger partial charge in [-0.3, -0.25) is 14.2 Å². The van der Waals surface area contributed by atoms with Gasteiger partial charge in [0.2, 0.25) is 10.0 Å². The van der Waals surface area contributed by atoms with Crippen LogP contribution >= 0.6 is 15.9 Å². The molecule has 3 rings (SSSR count). The molecule has 1 aromatic heterocycles. The fourth-order valence-electron chi connectivity index (χ4n) is 3.19. The molecule has 0 spiro atoms. The van der Waals surface area contributed by atoms with Crippen molar-refractivity contribution < 1.29 is 17.9 Å². The molecule has 0 saturated carbocycles. The Hall–Kier alpha value is -2.85. The highest BCUT2D eigenvalue weighted by Gasteiger charge is 2.18. The third kappa shape index (κ3) is 5.89. The highest BCUT2D eigenvalue weighted by atomic mass is 79.9. The van der Waals surface area contributed by atoms with Crippen LogP contribution in [0.5, 0.6) is 5.75 Å². The van der Waals surface area contributed by atoms with Crippen LogP contribution in [0.4, 0.5) is 5.69 Å². The summed E-state index contributed by atoms with van der Waals surface area (Å²) in [6.45, 7) is 0.546. The van der Waals surface area contributed by atoms with E-state index in [0.717, 1.165) is 27.6 Å². The Bertz CT molecular complexity index is 1220. The van der Waals surface area contributed by atoms with Crippen LogP contribution in [0.15, 0.2) is 53.0 Å². The minimum absolute atomic E-state index is 0.130.